The van der Waals surface area contributed by atoms with E-state index in [-0.39, 0.29) is 0 Å². The lowest BCUT2D eigenvalue weighted by atomic mass is 10.1. The van der Waals surface area contributed by atoms with Crippen molar-refractivity contribution in [1.29, 1.82) is 0 Å². The average molecular weight is 214 g/mol. The van der Waals surface area contributed by atoms with Crippen LogP contribution in [0, 0.1) is 0 Å². The predicted octanol–water partition coefficient (Wildman–Crippen LogP) is 2.89. The second-order valence-electron chi connectivity index (χ2n) is 4.40. The van der Waals surface area contributed by atoms with Crippen LogP contribution in [0.3, 0.4) is 0 Å². The van der Waals surface area contributed by atoms with Gasteiger partial charge in [-0.3, -0.25) is 4.90 Å². The smallest absolute Gasteiger partial charge is 0.0217 e. The molecule has 0 rings (SSSR count). The summed E-state index contributed by atoms with van der Waals surface area (Å²) in [6, 6.07) is 1.44. The summed E-state index contributed by atoms with van der Waals surface area (Å²) in [5, 5.41) is 3.53. The fraction of sp³-hybridized carbons (Fsp3) is 1.00. The normalized spacial score (nSPS) is 13.8. The minimum absolute atomic E-state index is 0.696. The van der Waals surface area contributed by atoms with Crippen LogP contribution in [0.4, 0.5) is 0 Å². The summed E-state index contributed by atoms with van der Waals surface area (Å²) >= 11 is 0. The zero-order chi connectivity index (χ0) is 11.7. The summed E-state index contributed by atoms with van der Waals surface area (Å²) in [7, 11) is 2.28. The molecule has 0 aliphatic heterocycles. The van der Waals surface area contributed by atoms with E-state index in [2.05, 4.69) is 45.0 Å². The highest BCUT2D eigenvalue weighted by Crippen LogP contribution is 2.11. The van der Waals surface area contributed by atoms with Crippen molar-refractivity contribution < 1.29 is 0 Å². The van der Waals surface area contributed by atoms with E-state index in [0.717, 1.165) is 19.1 Å². The van der Waals surface area contributed by atoms with E-state index in [9.17, 15) is 0 Å². The Balaban J connectivity index is 4.01. The molecule has 1 unspecified atom stereocenters. The van der Waals surface area contributed by atoms with Crippen LogP contribution in [0.2, 0.25) is 0 Å². The molecular formula is C13H30N2. The highest BCUT2D eigenvalue weighted by Gasteiger charge is 2.18. The molecule has 0 bridgehead atoms. The Bertz CT molecular complexity index is 132. The van der Waals surface area contributed by atoms with Crippen molar-refractivity contribution in [2.75, 3.05) is 20.1 Å². The van der Waals surface area contributed by atoms with Crippen molar-refractivity contribution in [3.8, 4) is 0 Å². The van der Waals surface area contributed by atoms with Crippen LogP contribution in [-0.4, -0.2) is 37.1 Å². The average Bonchev–Trinajstić information content (AvgIpc) is 2.26. The van der Waals surface area contributed by atoms with E-state index in [1.54, 1.807) is 0 Å². The van der Waals surface area contributed by atoms with Crippen LogP contribution >= 0.6 is 0 Å². The van der Waals surface area contributed by atoms with Crippen molar-refractivity contribution in [1.82, 2.24) is 10.2 Å². The topological polar surface area (TPSA) is 15.3 Å². The van der Waals surface area contributed by atoms with Crippen LogP contribution in [0.15, 0.2) is 0 Å². The van der Waals surface area contributed by atoms with E-state index in [0.29, 0.717) is 6.04 Å². The van der Waals surface area contributed by atoms with Crippen LogP contribution < -0.4 is 5.32 Å². The number of nitrogens with one attached hydrogen (secondary N) is 1. The molecule has 0 saturated heterocycles. The summed E-state index contributed by atoms with van der Waals surface area (Å²) in [5.74, 6) is 0. The molecule has 92 valence electrons. The van der Waals surface area contributed by atoms with E-state index in [4.69, 9.17) is 0 Å². The first kappa shape index (κ1) is 14.9. The molecule has 0 spiro atoms. The predicted molar refractivity (Wildman–Crippen MR) is 69.4 cm³/mol. The number of hydrogen-bond donors (Lipinski definition) is 1. The first-order valence-corrected chi connectivity index (χ1v) is 6.63. The van der Waals surface area contributed by atoms with Gasteiger partial charge in [0.2, 0.25) is 0 Å². The lowest BCUT2D eigenvalue weighted by molar-refractivity contribution is 0.156. The van der Waals surface area contributed by atoms with Gasteiger partial charge in [-0.25, -0.2) is 0 Å². The van der Waals surface area contributed by atoms with Crippen molar-refractivity contribution in [3.05, 3.63) is 0 Å². The maximum atomic E-state index is 3.53. The number of likely N-dealkylation sites (N-methyl/N-ethyl adjacent to an activating group) is 1. The lowest BCUT2D eigenvalue weighted by Crippen LogP contribution is -2.45. The van der Waals surface area contributed by atoms with Crippen LogP contribution in [0.5, 0.6) is 0 Å². The van der Waals surface area contributed by atoms with Gasteiger partial charge in [0.1, 0.15) is 0 Å². The highest BCUT2D eigenvalue weighted by molar-refractivity contribution is 4.75. The third-order valence-electron chi connectivity index (χ3n) is 3.37. The lowest BCUT2D eigenvalue weighted by Gasteiger charge is -2.34. The zero-order valence-electron chi connectivity index (χ0n) is 11.3. The molecule has 0 aliphatic carbocycles. The van der Waals surface area contributed by atoms with Gasteiger partial charge in [0.15, 0.2) is 0 Å². The summed E-state index contributed by atoms with van der Waals surface area (Å²) < 4.78 is 0. The van der Waals surface area contributed by atoms with E-state index < -0.39 is 0 Å². The van der Waals surface area contributed by atoms with Crippen LogP contribution in [0.25, 0.3) is 0 Å². The molecule has 0 aromatic carbocycles. The Labute approximate surface area is 96.4 Å². The molecule has 0 aromatic rings. The molecule has 0 aliphatic rings. The molecule has 0 radical (unpaired) electrons. The summed E-state index contributed by atoms with van der Waals surface area (Å²) in [5.41, 5.74) is 0. The molecule has 0 fully saturated rings. The van der Waals surface area contributed by atoms with Crippen molar-refractivity contribution in [2.24, 2.45) is 0 Å². The number of hydrogen-bond acceptors (Lipinski definition) is 2. The minimum atomic E-state index is 0.696. The van der Waals surface area contributed by atoms with Gasteiger partial charge in [-0.05, 0) is 39.3 Å². The molecule has 0 saturated carbocycles. The van der Waals surface area contributed by atoms with Crippen LogP contribution in [0.1, 0.15) is 53.4 Å². The Morgan fingerprint density at radius 3 is 1.87 bits per heavy atom. The van der Waals surface area contributed by atoms with Gasteiger partial charge in [-0.1, -0.05) is 27.7 Å². The molecule has 2 nitrogen and oxygen atoms in total. The molecular weight excluding hydrogens is 184 g/mol. The zero-order valence-corrected chi connectivity index (χ0v) is 11.3. The molecule has 0 heterocycles. The van der Waals surface area contributed by atoms with Gasteiger partial charge in [-0.15, -0.1) is 0 Å². The molecule has 2 heteroatoms. The van der Waals surface area contributed by atoms with E-state index in [1.165, 1.54) is 25.7 Å². The maximum absolute atomic E-state index is 3.53. The molecule has 1 N–H and O–H groups in total. The number of rotatable bonds is 9. The monoisotopic (exact) mass is 214 g/mol. The number of nitrogens with zero attached hydrogens (tertiary/aromatic N) is 1. The van der Waals surface area contributed by atoms with Gasteiger partial charge >= 0.3 is 0 Å². The molecule has 15 heavy (non-hydrogen) atoms. The van der Waals surface area contributed by atoms with Crippen molar-refractivity contribution >= 4 is 0 Å². The van der Waals surface area contributed by atoms with Crippen molar-refractivity contribution in [2.45, 2.75) is 65.5 Å². The van der Waals surface area contributed by atoms with Gasteiger partial charge in [0.25, 0.3) is 0 Å². The summed E-state index contributed by atoms with van der Waals surface area (Å²) in [4.78, 5) is 2.56. The molecule has 0 amide bonds. The van der Waals surface area contributed by atoms with Crippen LogP contribution in [-0.2, 0) is 0 Å². The Morgan fingerprint density at radius 2 is 1.47 bits per heavy atom. The quantitative estimate of drug-likeness (QED) is 0.594. The highest BCUT2D eigenvalue weighted by atomic mass is 15.2. The standard InChI is InChI=1S/C13H30N2/c1-6-10-14-11-13(9-4)15(5)12(7-2)8-3/h12-14H,6-11H2,1-5H3. The third kappa shape index (κ3) is 5.53. The summed E-state index contributed by atoms with van der Waals surface area (Å²) in [6.45, 7) is 11.4. The Kier molecular flexibility index (Phi) is 9.12. The first-order valence-electron chi connectivity index (χ1n) is 6.63. The molecule has 0 aromatic heterocycles. The fourth-order valence-electron chi connectivity index (χ4n) is 2.18. The van der Waals surface area contributed by atoms with Gasteiger partial charge in [0, 0.05) is 18.6 Å². The second kappa shape index (κ2) is 9.17. The van der Waals surface area contributed by atoms with E-state index >= 15 is 0 Å². The SMILES string of the molecule is CCCNCC(CC)N(C)C(CC)CC. The molecule has 1 atom stereocenters. The third-order valence-corrected chi connectivity index (χ3v) is 3.37. The Hall–Kier alpha value is -0.0800. The van der Waals surface area contributed by atoms with Gasteiger partial charge < -0.3 is 5.32 Å². The Morgan fingerprint density at radius 1 is 0.933 bits per heavy atom. The minimum Gasteiger partial charge on any atom is -0.315 e. The summed E-state index contributed by atoms with van der Waals surface area (Å²) in [6.07, 6.45) is 4.99. The largest absolute Gasteiger partial charge is 0.315 e. The van der Waals surface area contributed by atoms with E-state index in [1.807, 2.05) is 0 Å². The fourth-order valence-corrected chi connectivity index (χ4v) is 2.18. The maximum Gasteiger partial charge on any atom is 0.0217 e. The van der Waals surface area contributed by atoms with Gasteiger partial charge in [0.05, 0.1) is 0 Å². The second-order valence-corrected chi connectivity index (χ2v) is 4.40. The van der Waals surface area contributed by atoms with Crippen molar-refractivity contribution in [3.63, 3.8) is 0 Å². The van der Waals surface area contributed by atoms with Gasteiger partial charge in [-0.2, -0.15) is 0 Å². The first-order chi connectivity index (χ1) is 7.21.